The van der Waals surface area contributed by atoms with Gasteiger partial charge in [-0.15, -0.1) is 0 Å². The number of carbonyl (C=O) groups is 5. The standard InChI is InChI=1S/C40H33N3O7/c1-22-14-16-25(17-15-22)41-43-36(46)31-21-30-27(18-19-29-33(30)37(47)42(35(29)45)26-11-7-8-23(20-26)38(48)49)34(28-12-5-6-13-32(28)44)40(31,39(43)50)24-9-3-2-4-10-24/h2-18,20,29-31,33-34,41,44H,19,21H2,1H3,(H,48,49)/t29-,30+,31-,33-,34+,40+/m0/s1. The van der Waals surface area contributed by atoms with Crippen molar-refractivity contribution in [3.63, 3.8) is 0 Å². The zero-order valence-electron chi connectivity index (χ0n) is 27.0. The van der Waals surface area contributed by atoms with Crippen molar-refractivity contribution in [2.24, 2.45) is 23.7 Å². The topological polar surface area (TPSA) is 144 Å². The van der Waals surface area contributed by atoms with Crippen LogP contribution in [0.3, 0.4) is 0 Å². The van der Waals surface area contributed by atoms with Crippen LogP contribution in [0.4, 0.5) is 11.4 Å². The molecule has 1 saturated carbocycles. The number of aromatic hydroxyl groups is 1. The second kappa shape index (κ2) is 11.5. The molecule has 8 rings (SSSR count). The van der Waals surface area contributed by atoms with Crippen LogP contribution in [0.2, 0.25) is 0 Å². The number of aromatic carboxylic acids is 1. The molecule has 3 N–H and O–H groups in total. The molecule has 0 aromatic heterocycles. The van der Waals surface area contributed by atoms with Gasteiger partial charge in [0.15, 0.2) is 0 Å². The molecule has 0 spiro atoms. The number of hydrazine groups is 1. The maximum absolute atomic E-state index is 15.1. The van der Waals surface area contributed by atoms with E-state index in [0.29, 0.717) is 22.4 Å². The molecule has 2 aliphatic carbocycles. The molecule has 10 heteroatoms. The number of carbonyl (C=O) groups excluding carboxylic acids is 4. The van der Waals surface area contributed by atoms with E-state index in [-0.39, 0.29) is 29.8 Å². The molecule has 50 heavy (non-hydrogen) atoms. The van der Waals surface area contributed by atoms with E-state index in [2.05, 4.69) is 5.43 Å². The van der Waals surface area contributed by atoms with Gasteiger partial charge in [0.25, 0.3) is 11.8 Å². The predicted octanol–water partition coefficient (Wildman–Crippen LogP) is 5.59. The highest BCUT2D eigenvalue weighted by Crippen LogP contribution is 2.65. The van der Waals surface area contributed by atoms with Crippen molar-refractivity contribution in [1.29, 1.82) is 0 Å². The smallest absolute Gasteiger partial charge is 0.335 e. The molecule has 6 atom stereocenters. The maximum Gasteiger partial charge on any atom is 0.335 e. The van der Waals surface area contributed by atoms with E-state index in [9.17, 15) is 29.4 Å². The molecule has 2 saturated heterocycles. The largest absolute Gasteiger partial charge is 0.508 e. The number of aryl methyl sites for hydroxylation is 1. The number of amides is 4. The van der Waals surface area contributed by atoms with Gasteiger partial charge >= 0.3 is 5.97 Å². The summed E-state index contributed by atoms with van der Waals surface area (Å²) in [5, 5.41) is 22.1. The predicted molar refractivity (Wildman–Crippen MR) is 183 cm³/mol. The van der Waals surface area contributed by atoms with Crippen molar-refractivity contribution < 1.29 is 34.2 Å². The van der Waals surface area contributed by atoms with E-state index in [1.165, 1.54) is 24.3 Å². The lowest BCUT2D eigenvalue weighted by Gasteiger charge is -2.50. The highest BCUT2D eigenvalue weighted by molar-refractivity contribution is 6.23. The number of fused-ring (bicyclic) bond motifs is 4. The summed E-state index contributed by atoms with van der Waals surface area (Å²) in [5.74, 6) is -7.15. The molecule has 3 fully saturated rings. The Morgan fingerprint density at radius 3 is 2.26 bits per heavy atom. The van der Waals surface area contributed by atoms with E-state index in [1.807, 2.05) is 55.5 Å². The summed E-state index contributed by atoms with van der Waals surface area (Å²) in [4.78, 5) is 71.1. The molecule has 0 bridgehead atoms. The summed E-state index contributed by atoms with van der Waals surface area (Å²) in [7, 11) is 0. The summed E-state index contributed by atoms with van der Waals surface area (Å²) in [6.07, 6.45) is 2.22. The quantitative estimate of drug-likeness (QED) is 0.178. The molecule has 4 aliphatic rings. The van der Waals surface area contributed by atoms with Crippen LogP contribution < -0.4 is 10.3 Å². The first-order chi connectivity index (χ1) is 24.1. The fourth-order valence-electron chi connectivity index (χ4n) is 8.86. The lowest BCUT2D eigenvalue weighted by molar-refractivity contribution is -0.138. The van der Waals surface area contributed by atoms with Crippen LogP contribution >= 0.6 is 0 Å². The normalized spacial score (nSPS) is 27.1. The second-order valence-electron chi connectivity index (χ2n) is 13.5. The number of anilines is 2. The minimum Gasteiger partial charge on any atom is -0.508 e. The zero-order valence-corrected chi connectivity index (χ0v) is 27.0. The number of carboxylic acid groups (broad SMARTS) is 1. The molecular weight excluding hydrogens is 634 g/mol. The van der Waals surface area contributed by atoms with E-state index < -0.39 is 64.6 Å². The monoisotopic (exact) mass is 667 g/mol. The Hall–Kier alpha value is -6.03. The zero-order chi connectivity index (χ0) is 34.9. The Labute approximate surface area is 287 Å². The highest BCUT2D eigenvalue weighted by Gasteiger charge is 2.70. The molecule has 4 aromatic rings. The minimum absolute atomic E-state index is 0.0543. The Morgan fingerprint density at radius 1 is 0.820 bits per heavy atom. The average molecular weight is 668 g/mol. The number of allylic oxidation sites excluding steroid dienone is 2. The third kappa shape index (κ3) is 4.44. The number of para-hydroxylation sites is 1. The van der Waals surface area contributed by atoms with Gasteiger partial charge < -0.3 is 10.2 Å². The van der Waals surface area contributed by atoms with E-state index >= 15 is 4.79 Å². The molecule has 0 radical (unpaired) electrons. The van der Waals surface area contributed by atoms with Crippen molar-refractivity contribution in [1.82, 2.24) is 5.01 Å². The second-order valence-corrected chi connectivity index (χ2v) is 13.5. The van der Waals surface area contributed by atoms with Crippen molar-refractivity contribution in [2.75, 3.05) is 10.3 Å². The van der Waals surface area contributed by atoms with Gasteiger partial charge in [0.2, 0.25) is 11.8 Å². The maximum atomic E-state index is 15.1. The van der Waals surface area contributed by atoms with Crippen LogP contribution in [-0.4, -0.2) is 44.8 Å². The number of phenolic OH excluding ortho intramolecular Hbond substituents is 1. The number of rotatable bonds is 6. The first kappa shape index (κ1) is 31.3. The summed E-state index contributed by atoms with van der Waals surface area (Å²) < 4.78 is 0. The fraction of sp³-hybridized carbons (Fsp3) is 0.225. The highest BCUT2D eigenvalue weighted by atomic mass is 16.4. The Morgan fingerprint density at radius 2 is 1.54 bits per heavy atom. The molecule has 2 heterocycles. The first-order valence-electron chi connectivity index (χ1n) is 16.6. The third-order valence-corrected chi connectivity index (χ3v) is 11.0. The van der Waals surface area contributed by atoms with Gasteiger partial charge in [-0.3, -0.25) is 29.5 Å². The van der Waals surface area contributed by atoms with E-state index in [1.54, 1.807) is 36.4 Å². The van der Waals surface area contributed by atoms with Crippen molar-refractivity contribution in [3.05, 3.63) is 137 Å². The fourth-order valence-corrected chi connectivity index (χ4v) is 8.86. The molecule has 10 nitrogen and oxygen atoms in total. The number of nitrogens with one attached hydrogen (secondary N) is 1. The lowest BCUT2D eigenvalue weighted by atomic mass is 9.49. The van der Waals surface area contributed by atoms with Crippen molar-refractivity contribution in [3.8, 4) is 5.75 Å². The van der Waals surface area contributed by atoms with Crippen LogP contribution in [0.1, 0.15) is 45.8 Å². The van der Waals surface area contributed by atoms with Gasteiger partial charge in [-0.1, -0.05) is 83.9 Å². The SMILES string of the molecule is Cc1ccc(NN2C(=O)[C@@H]3C[C@@H]4C(=CC[C@@H]5C(=O)N(c6cccc(C(=O)O)c6)C(=O)[C@@H]54)[C@H](c4ccccc4O)[C@]3(c3ccccc3)C2=O)cc1. The molecule has 0 unspecified atom stereocenters. The number of carboxylic acids is 1. The Balaban J connectivity index is 1.30. The van der Waals surface area contributed by atoms with Gasteiger partial charge in [-0.2, -0.15) is 5.01 Å². The Bertz CT molecular complexity index is 2130. The van der Waals surface area contributed by atoms with Gasteiger partial charge in [-0.25, -0.2) is 4.79 Å². The summed E-state index contributed by atoms with van der Waals surface area (Å²) >= 11 is 0. The molecule has 2 aliphatic heterocycles. The van der Waals surface area contributed by atoms with Crippen molar-refractivity contribution >= 4 is 41.0 Å². The summed E-state index contributed by atoms with van der Waals surface area (Å²) in [6, 6.07) is 28.9. The summed E-state index contributed by atoms with van der Waals surface area (Å²) in [5.41, 5.74) is 5.00. The van der Waals surface area contributed by atoms with Gasteiger partial charge in [-0.05, 0) is 67.6 Å². The third-order valence-electron chi connectivity index (χ3n) is 11.0. The van der Waals surface area contributed by atoms with E-state index in [0.717, 1.165) is 15.5 Å². The molecule has 250 valence electrons. The number of hydrogen-bond acceptors (Lipinski definition) is 7. The molecule has 4 aromatic carbocycles. The molecule has 4 amide bonds. The number of phenols is 1. The first-order valence-corrected chi connectivity index (χ1v) is 16.6. The van der Waals surface area contributed by atoms with Crippen LogP contribution in [0.25, 0.3) is 0 Å². The van der Waals surface area contributed by atoms with Crippen LogP contribution in [-0.2, 0) is 24.6 Å². The van der Waals surface area contributed by atoms with E-state index in [4.69, 9.17) is 0 Å². The van der Waals surface area contributed by atoms with Gasteiger partial charge in [0, 0.05) is 11.5 Å². The average Bonchev–Trinajstić information content (AvgIpc) is 3.50. The van der Waals surface area contributed by atoms with Crippen molar-refractivity contribution in [2.45, 2.75) is 31.1 Å². The molecular formula is C40H33N3O7. The number of nitrogens with zero attached hydrogens (tertiary/aromatic N) is 2. The van der Waals surface area contributed by atoms with Crippen LogP contribution in [0.5, 0.6) is 5.75 Å². The number of hydrogen-bond donors (Lipinski definition) is 3. The lowest BCUT2D eigenvalue weighted by Crippen LogP contribution is -2.53. The van der Waals surface area contributed by atoms with Gasteiger partial charge in [0.05, 0.1) is 40.1 Å². The summed E-state index contributed by atoms with van der Waals surface area (Å²) in [6.45, 7) is 1.94. The van der Waals surface area contributed by atoms with Crippen LogP contribution in [0.15, 0.2) is 115 Å². The van der Waals surface area contributed by atoms with Gasteiger partial charge in [0.1, 0.15) is 5.75 Å². The Kier molecular flexibility index (Phi) is 7.22. The number of benzene rings is 4. The number of imide groups is 2. The van der Waals surface area contributed by atoms with Crippen LogP contribution in [0, 0.1) is 30.6 Å². The minimum atomic E-state index is -1.49.